The summed E-state index contributed by atoms with van der Waals surface area (Å²) in [6, 6.07) is 0. The minimum Gasteiger partial charge on any atom is -0.0925 e. The molecule has 2 aliphatic carbocycles. The van der Waals surface area contributed by atoms with Gasteiger partial charge in [-0.15, -0.1) is 0 Å². The highest BCUT2D eigenvalue weighted by atomic mass is 79.9. The van der Waals surface area contributed by atoms with Crippen LogP contribution in [0.5, 0.6) is 0 Å². The van der Waals surface area contributed by atoms with Crippen LogP contribution >= 0.6 is 31.9 Å². The van der Waals surface area contributed by atoms with Crippen molar-refractivity contribution in [2.24, 2.45) is 23.7 Å². The Balaban J connectivity index is 1.75. The van der Waals surface area contributed by atoms with Crippen LogP contribution < -0.4 is 0 Å². The van der Waals surface area contributed by atoms with Crippen LogP contribution in [0.1, 0.15) is 57.8 Å². The highest BCUT2D eigenvalue weighted by molar-refractivity contribution is 9.09. The van der Waals surface area contributed by atoms with Crippen LogP contribution in [0.25, 0.3) is 0 Å². The quantitative estimate of drug-likeness (QED) is 0.554. The molecule has 0 aromatic carbocycles. The Bertz CT molecular complexity index is 195. The first kappa shape index (κ1) is 14.4. The van der Waals surface area contributed by atoms with Crippen LogP contribution in [-0.4, -0.2) is 10.7 Å². The minimum absolute atomic E-state index is 0.976. The lowest BCUT2D eigenvalue weighted by atomic mass is 9.73. The largest absolute Gasteiger partial charge is 0.0925 e. The van der Waals surface area contributed by atoms with Crippen molar-refractivity contribution in [2.45, 2.75) is 57.8 Å². The molecule has 0 saturated heterocycles. The summed E-state index contributed by atoms with van der Waals surface area (Å²) in [6.45, 7) is 0. The number of rotatable bonds is 4. The zero-order valence-electron chi connectivity index (χ0n) is 10.8. The van der Waals surface area contributed by atoms with E-state index < -0.39 is 0 Å². The molecule has 0 bridgehead atoms. The normalized spacial score (nSPS) is 39.2. The smallest absolute Gasteiger partial charge is 0.00597 e. The van der Waals surface area contributed by atoms with E-state index in [1.165, 1.54) is 68.4 Å². The van der Waals surface area contributed by atoms with Gasteiger partial charge >= 0.3 is 0 Å². The van der Waals surface area contributed by atoms with Crippen molar-refractivity contribution < 1.29 is 0 Å². The van der Waals surface area contributed by atoms with Gasteiger partial charge in [0.1, 0.15) is 0 Å². The maximum absolute atomic E-state index is 3.68. The fourth-order valence-corrected chi connectivity index (χ4v) is 5.16. The molecule has 0 spiro atoms. The van der Waals surface area contributed by atoms with E-state index in [2.05, 4.69) is 31.9 Å². The van der Waals surface area contributed by atoms with E-state index in [0.717, 1.165) is 23.7 Å². The summed E-state index contributed by atoms with van der Waals surface area (Å²) in [5, 5.41) is 2.47. The van der Waals surface area contributed by atoms with Gasteiger partial charge in [0.05, 0.1) is 0 Å². The van der Waals surface area contributed by atoms with Gasteiger partial charge in [-0.2, -0.15) is 0 Å². The van der Waals surface area contributed by atoms with Crippen molar-refractivity contribution in [3.05, 3.63) is 0 Å². The van der Waals surface area contributed by atoms with Gasteiger partial charge in [-0.3, -0.25) is 0 Å². The van der Waals surface area contributed by atoms with Gasteiger partial charge in [-0.1, -0.05) is 57.5 Å². The standard InChI is InChI=1S/C15H26Br2/c16-10-14-5-1-3-12(8-14)7-13-4-2-6-15(9-13)11-17/h12-15H,1-11H2. The Morgan fingerprint density at radius 2 is 1.06 bits per heavy atom. The van der Waals surface area contributed by atoms with Crippen molar-refractivity contribution in [1.82, 2.24) is 0 Å². The van der Waals surface area contributed by atoms with Gasteiger partial charge in [-0.25, -0.2) is 0 Å². The molecule has 17 heavy (non-hydrogen) atoms. The topological polar surface area (TPSA) is 0 Å². The summed E-state index contributed by atoms with van der Waals surface area (Å²) >= 11 is 7.36. The predicted molar refractivity (Wildman–Crippen MR) is 83.1 cm³/mol. The summed E-state index contributed by atoms with van der Waals surface area (Å²) in [5.74, 6) is 4.05. The van der Waals surface area contributed by atoms with Crippen LogP contribution in [0.15, 0.2) is 0 Å². The Morgan fingerprint density at radius 3 is 1.47 bits per heavy atom. The molecule has 2 rings (SSSR count). The maximum atomic E-state index is 3.68. The molecule has 0 radical (unpaired) electrons. The molecule has 4 atom stereocenters. The highest BCUT2D eigenvalue weighted by Crippen LogP contribution is 2.39. The van der Waals surface area contributed by atoms with Gasteiger partial charge in [-0.05, 0) is 55.8 Å². The van der Waals surface area contributed by atoms with E-state index in [9.17, 15) is 0 Å². The van der Waals surface area contributed by atoms with Crippen LogP contribution in [0, 0.1) is 23.7 Å². The lowest BCUT2D eigenvalue weighted by molar-refractivity contribution is 0.194. The lowest BCUT2D eigenvalue weighted by Crippen LogP contribution is -2.23. The first-order chi connectivity index (χ1) is 8.31. The second-order valence-electron chi connectivity index (χ2n) is 6.34. The fraction of sp³-hybridized carbons (Fsp3) is 1.00. The molecule has 2 fully saturated rings. The Labute approximate surface area is 124 Å². The molecule has 0 nitrogen and oxygen atoms in total. The summed E-state index contributed by atoms with van der Waals surface area (Å²) in [6.07, 6.45) is 13.5. The number of hydrogen-bond donors (Lipinski definition) is 0. The molecular weight excluding hydrogens is 340 g/mol. The molecule has 2 heteroatoms. The fourth-order valence-electron chi connectivity index (χ4n) is 3.98. The van der Waals surface area contributed by atoms with Crippen LogP contribution in [0.2, 0.25) is 0 Å². The van der Waals surface area contributed by atoms with E-state index in [4.69, 9.17) is 0 Å². The molecule has 0 aromatic heterocycles. The molecule has 0 aliphatic heterocycles. The van der Waals surface area contributed by atoms with E-state index in [1.54, 1.807) is 0 Å². The van der Waals surface area contributed by atoms with E-state index >= 15 is 0 Å². The molecule has 2 saturated carbocycles. The Morgan fingerprint density at radius 1 is 0.647 bits per heavy atom. The average Bonchev–Trinajstić information content (AvgIpc) is 2.39. The lowest BCUT2D eigenvalue weighted by Gasteiger charge is -2.34. The SMILES string of the molecule is BrCC1CCCC(CC2CCCC(CBr)C2)C1. The van der Waals surface area contributed by atoms with Crippen molar-refractivity contribution in [1.29, 1.82) is 0 Å². The summed E-state index contributed by atoms with van der Waals surface area (Å²) in [7, 11) is 0. The van der Waals surface area contributed by atoms with Gasteiger partial charge in [0.15, 0.2) is 0 Å². The third-order valence-corrected chi connectivity index (χ3v) is 6.72. The third-order valence-electron chi connectivity index (χ3n) is 4.89. The molecule has 0 aromatic rings. The van der Waals surface area contributed by atoms with Crippen LogP contribution in [-0.2, 0) is 0 Å². The monoisotopic (exact) mass is 364 g/mol. The molecule has 4 unspecified atom stereocenters. The Hall–Kier alpha value is 0.960. The van der Waals surface area contributed by atoms with E-state index in [1.807, 2.05) is 0 Å². The van der Waals surface area contributed by atoms with Gasteiger partial charge in [0, 0.05) is 10.7 Å². The van der Waals surface area contributed by atoms with Crippen LogP contribution in [0.4, 0.5) is 0 Å². The highest BCUT2D eigenvalue weighted by Gasteiger charge is 2.27. The van der Waals surface area contributed by atoms with Gasteiger partial charge < -0.3 is 0 Å². The van der Waals surface area contributed by atoms with Crippen molar-refractivity contribution in [3.63, 3.8) is 0 Å². The summed E-state index contributed by atoms with van der Waals surface area (Å²) < 4.78 is 0. The molecule has 100 valence electrons. The van der Waals surface area contributed by atoms with E-state index in [-0.39, 0.29) is 0 Å². The number of halogens is 2. The second kappa shape index (κ2) is 7.53. The second-order valence-corrected chi connectivity index (χ2v) is 7.64. The molecule has 0 heterocycles. The van der Waals surface area contributed by atoms with Crippen molar-refractivity contribution in [3.8, 4) is 0 Å². The summed E-state index contributed by atoms with van der Waals surface area (Å²) in [5.41, 5.74) is 0. The van der Waals surface area contributed by atoms with Crippen LogP contribution in [0.3, 0.4) is 0 Å². The number of alkyl halides is 2. The maximum Gasteiger partial charge on any atom is 0.00597 e. The average molecular weight is 366 g/mol. The first-order valence-corrected chi connectivity index (χ1v) is 9.68. The number of hydrogen-bond acceptors (Lipinski definition) is 0. The minimum atomic E-state index is 0.976. The summed E-state index contributed by atoms with van der Waals surface area (Å²) in [4.78, 5) is 0. The Kier molecular flexibility index (Phi) is 6.36. The molecular formula is C15H26Br2. The van der Waals surface area contributed by atoms with E-state index in [0.29, 0.717) is 0 Å². The first-order valence-electron chi connectivity index (χ1n) is 7.43. The molecule has 0 N–H and O–H groups in total. The third kappa shape index (κ3) is 4.53. The van der Waals surface area contributed by atoms with Crippen molar-refractivity contribution >= 4 is 31.9 Å². The zero-order valence-corrected chi connectivity index (χ0v) is 14.0. The van der Waals surface area contributed by atoms with Gasteiger partial charge in [0.25, 0.3) is 0 Å². The molecule has 0 amide bonds. The van der Waals surface area contributed by atoms with Gasteiger partial charge in [0.2, 0.25) is 0 Å². The predicted octanol–water partition coefficient (Wildman–Crippen LogP) is 5.78. The van der Waals surface area contributed by atoms with Crippen molar-refractivity contribution in [2.75, 3.05) is 10.7 Å². The molecule has 2 aliphatic rings. The zero-order chi connectivity index (χ0) is 12.1.